The minimum atomic E-state index is -3.62. The van der Waals surface area contributed by atoms with Gasteiger partial charge in [0.25, 0.3) is 0 Å². The molecule has 0 aliphatic carbocycles. The second kappa shape index (κ2) is 13.5. The van der Waals surface area contributed by atoms with E-state index in [0.29, 0.717) is 22.9 Å². The Kier molecular flexibility index (Phi) is 11.0. The van der Waals surface area contributed by atoms with Crippen molar-refractivity contribution in [3.63, 3.8) is 0 Å². The van der Waals surface area contributed by atoms with Gasteiger partial charge in [0.05, 0.1) is 19.1 Å². The van der Waals surface area contributed by atoms with Crippen molar-refractivity contribution in [3.05, 3.63) is 59.1 Å². The minimum Gasteiger partial charge on any atom is -0.495 e. The van der Waals surface area contributed by atoms with E-state index in [1.807, 2.05) is 32.9 Å². The summed E-state index contributed by atoms with van der Waals surface area (Å²) in [5.41, 5.74) is 1.14. The summed E-state index contributed by atoms with van der Waals surface area (Å²) in [5, 5.41) is 3.40. The number of nitrogens with zero attached hydrogens (tertiary/aromatic N) is 2. The maximum absolute atomic E-state index is 13.5. The van der Waals surface area contributed by atoms with Crippen molar-refractivity contribution in [2.45, 2.75) is 58.7 Å². The molecule has 0 fully saturated rings. The molecule has 2 aromatic rings. The van der Waals surface area contributed by atoms with Crippen molar-refractivity contribution >= 4 is 39.1 Å². The van der Waals surface area contributed by atoms with E-state index in [2.05, 4.69) is 5.32 Å². The van der Waals surface area contributed by atoms with Crippen LogP contribution in [0.4, 0.5) is 5.69 Å². The summed E-state index contributed by atoms with van der Waals surface area (Å²) in [6.07, 6.45) is 1.85. The van der Waals surface area contributed by atoms with Gasteiger partial charge in [0.15, 0.2) is 0 Å². The summed E-state index contributed by atoms with van der Waals surface area (Å²) < 4.78 is 31.7. The van der Waals surface area contributed by atoms with Crippen molar-refractivity contribution in [3.8, 4) is 5.75 Å². The third-order valence-electron chi connectivity index (χ3n) is 5.62. The zero-order valence-electron chi connectivity index (χ0n) is 21.5. The third-order valence-corrected chi connectivity index (χ3v) is 7.17. The summed E-state index contributed by atoms with van der Waals surface area (Å²) >= 11 is 6.35. The molecule has 0 saturated carbocycles. The van der Waals surface area contributed by atoms with E-state index in [1.54, 1.807) is 36.4 Å². The highest BCUT2D eigenvalue weighted by atomic mass is 35.5. The van der Waals surface area contributed by atoms with E-state index in [0.717, 1.165) is 11.8 Å². The van der Waals surface area contributed by atoms with Crippen LogP contribution in [0.3, 0.4) is 0 Å². The summed E-state index contributed by atoms with van der Waals surface area (Å²) in [6, 6.07) is 13.3. The monoisotopic (exact) mass is 537 g/mol. The van der Waals surface area contributed by atoms with Gasteiger partial charge in [0.1, 0.15) is 11.8 Å². The number of anilines is 1. The maximum Gasteiger partial charge on any atom is 0.243 e. The molecule has 1 unspecified atom stereocenters. The maximum atomic E-state index is 13.5. The van der Waals surface area contributed by atoms with Gasteiger partial charge in [0.2, 0.25) is 21.8 Å². The number of halogens is 1. The number of carbonyl (C=O) groups excluding carboxylic acids is 2. The van der Waals surface area contributed by atoms with Gasteiger partial charge < -0.3 is 15.0 Å². The van der Waals surface area contributed by atoms with Gasteiger partial charge in [-0.05, 0) is 50.5 Å². The quantitative estimate of drug-likeness (QED) is 0.412. The van der Waals surface area contributed by atoms with Crippen molar-refractivity contribution in [1.82, 2.24) is 10.2 Å². The highest BCUT2D eigenvalue weighted by molar-refractivity contribution is 7.92. The van der Waals surface area contributed by atoms with Crippen molar-refractivity contribution in [2.24, 2.45) is 0 Å². The highest BCUT2D eigenvalue weighted by Crippen LogP contribution is 2.30. The predicted molar refractivity (Wildman–Crippen MR) is 144 cm³/mol. The van der Waals surface area contributed by atoms with Crippen LogP contribution in [0.2, 0.25) is 5.02 Å². The molecule has 0 spiro atoms. The van der Waals surface area contributed by atoms with Gasteiger partial charge in [-0.15, -0.1) is 0 Å². The number of carbonyl (C=O) groups is 2. The number of hydrogen-bond acceptors (Lipinski definition) is 5. The SMILES string of the molecule is CCC(C(=O)NC(C)C)N(Cc1ccccc1Cl)C(=O)CCCN(c1ccccc1OC)S(C)(=O)=O. The number of para-hydroxylation sites is 2. The predicted octanol–water partition coefficient (Wildman–Crippen LogP) is 4.23. The van der Waals surface area contributed by atoms with Gasteiger partial charge in [-0.3, -0.25) is 13.9 Å². The Balaban J connectivity index is 2.26. The Hall–Kier alpha value is -2.78. The number of nitrogens with one attached hydrogen (secondary N) is 1. The summed E-state index contributed by atoms with van der Waals surface area (Å²) in [5.74, 6) is -0.0696. The van der Waals surface area contributed by atoms with Crippen LogP contribution < -0.4 is 14.4 Å². The van der Waals surface area contributed by atoms with E-state index < -0.39 is 16.1 Å². The number of benzene rings is 2. The van der Waals surface area contributed by atoms with Crippen LogP contribution in [-0.4, -0.2) is 57.1 Å². The molecular weight excluding hydrogens is 502 g/mol. The normalized spacial score (nSPS) is 12.2. The third kappa shape index (κ3) is 8.13. The van der Waals surface area contributed by atoms with Crippen LogP contribution >= 0.6 is 11.6 Å². The molecule has 10 heteroatoms. The fraction of sp³-hybridized carbons (Fsp3) is 0.462. The van der Waals surface area contributed by atoms with E-state index in [-0.39, 0.29) is 43.8 Å². The van der Waals surface area contributed by atoms with Crippen LogP contribution in [0.15, 0.2) is 48.5 Å². The molecule has 0 saturated heterocycles. The first-order valence-corrected chi connectivity index (χ1v) is 14.2. The molecule has 198 valence electrons. The molecule has 1 atom stereocenters. The van der Waals surface area contributed by atoms with Crippen LogP contribution in [0.5, 0.6) is 5.75 Å². The lowest BCUT2D eigenvalue weighted by Gasteiger charge is -2.32. The zero-order chi connectivity index (χ0) is 26.9. The molecule has 0 bridgehead atoms. The molecule has 0 aromatic heterocycles. The Morgan fingerprint density at radius 1 is 1.08 bits per heavy atom. The molecule has 0 aliphatic heterocycles. The molecule has 2 rings (SSSR count). The largest absolute Gasteiger partial charge is 0.495 e. The lowest BCUT2D eigenvalue weighted by atomic mass is 10.1. The van der Waals surface area contributed by atoms with E-state index in [4.69, 9.17) is 16.3 Å². The smallest absolute Gasteiger partial charge is 0.243 e. The standard InChI is InChI=1S/C26H36ClN3O5S/c1-6-22(26(32)28-19(2)3)29(18-20-12-7-8-13-21(20)27)25(31)16-11-17-30(36(5,33)34)23-14-9-10-15-24(23)35-4/h7-10,12-15,19,22H,6,11,16-18H2,1-5H3,(H,28,32). The van der Waals surface area contributed by atoms with E-state index >= 15 is 0 Å². The molecule has 2 aromatic carbocycles. The molecule has 0 radical (unpaired) electrons. The Bertz CT molecular complexity index is 1140. The first-order valence-electron chi connectivity index (χ1n) is 11.9. The van der Waals surface area contributed by atoms with Crippen molar-refractivity contribution < 1.29 is 22.7 Å². The van der Waals surface area contributed by atoms with Crippen LogP contribution in [0.1, 0.15) is 45.6 Å². The second-order valence-electron chi connectivity index (χ2n) is 8.81. The van der Waals surface area contributed by atoms with Gasteiger partial charge in [0, 0.05) is 30.6 Å². The topological polar surface area (TPSA) is 96.0 Å². The van der Waals surface area contributed by atoms with Crippen molar-refractivity contribution in [1.29, 1.82) is 0 Å². The fourth-order valence-electron chi connectivity index (χ4n) is 3.93. The Morgan fingerprint density at radius 2 is 1.72 bits per heavy atom. The Labute approximate surface area is 219 Å². The Morgan fingerprint density at radius 3 is 2.31 bits per heavy atom. The van der Waals surface area contributed by atoms with Crippen molar-refractivity contribution in [2.75, 3.05) is 24.2 Å². The average molecular weight is 538 g/mol. The molecule has 8 nitrogen and oxygen atoms in total. The van der Waals surface area contributed by atoms with Gasteiger partial charge in [-0.2, -0.15) is 0 Å². The summed E-state index contributed by atoms with van der Waals surface area (Å²) in [4.78, 5) is 27.9. The molecule has 0 heterocycles. The molecular formula is C26H36ClN3O5S. The van der Waals surface area contributed by atoms with Gasteiger partial charge >= 0.3 is 0 Å². The first-order chi connectivity index (χ1) is 17.0. The number of methoxy groups -OCH3 is 1. The van der Waals surface area contributed by atoms with Gasteiger partial charge in [-0.1, -0.05) is 48.9 Å². The molecule has 0 aliphatic rings. The van der Waals surface area contributed by atoms with E-state index in [1.165, 1.54) is 16.3 Å². The molecule has 36 heavy (non-hydrogen) atoms. The number of sulfonamides is 1. The summed E-state index contributed by atoms with van der Waals surface area (Å²) in [7, 11) is -2.15. The van der Waals surface area contributed by atoms with Gasteiger partial charge in [-0.25, -0.2) is 8.42 Å². The lowest BCUT2D eigenvalue weighted by Crippen LogP contribution is -2.50. The number of ether oxygens (including phenoxy) is 1. The van der Waals surface area contributed by atoms with Crippen LogP contribution in [0, 0.1) is 0 Å². The number of amides is 2. The summed E-state index contributed by atoms with van der Waals surface area (Å²) in [6.45, 7) is 5.83. The van der Waals surface area contributed by atoms with E-state index in [9.17, 15) is 18.0 Å². The minimum absolute atomic E-state index is 0.0527. The average Bonchev–Trinajstić information content (AvgIpc) is 2.81. The lowest BCUT2D eigenvalue weighted by molar-refractivity contribution is -0.141. The molecule has 2 amide bonds. The number of rotatable bonds is 13. The molecule has 1 N–H and O–H groups in total. The first kappa shape index (κ1) is 29.5. The fourth-order valence-corrected chi connectivity index (χ4v) is 5.09. The zero-order valence-corrected chi connectivity index (χ0v) is 23.1. The highest BCUT2D eigenvalue weighted by Gasteiger charge is 2.29. The second-order valence-corrected chi connectivity index (χ2v) is 11.1. The van der Waals surface area contributed by atoms with Crippen LogP contribution in [0.25, 0.3) is 0 Å². The number of hydrogen-bond donors (Lipinski definition) is 1. The van der Waals surface area contributed by atoms with Crippen LogP contribution in [-0.2, 0) is 26.2 Å².